The third-order valence-corrected chi connectivity index (χ3v) is 3.84. The summed E-state index contributed by atoms with van der Waals surface area (Å²) in [5, 5.41) is 2.94. The molecule has 3 heteroatoms. The lowest BCUT2D eigenvalue weighted by molar-refractivity contribution is -0.119. The first kappa shape index (κ1) is 17.4. The number of carbonyl (C=O) groups excluding carboxylic acids is 2. The van der Waals surface area contributed by atoms with E-state index in [2.05, 4.69) is 18.3 Å². The molecule has 0 radical (unpaired) electrons. The average molecular weight is 291 g/mol. The third-order valence-electron chi connectivity index (χ3n) is 3.84. The summed E-state index contributed by atoms with van der Waals surface area (Å²) in [4.78, 5) is 22.7. The van der Waals surface area contributed by atoms with Crippen molar-refractivity contribution in [2.75, 3.05) is 5.32 Å². The Kier molecular flexibility index (Phi) is 7.73. The monoisotopic (exact) mass is 291 g/mol. The zero-order chi connectivity index (χ0) is 15.7. The summed E-state index contributed by atoms with van der Waals surface area (Å²) in [5.41, 5.74) is 3.36. The van der Waals surface area contributed by atoms with Crippen LogP contribution in [0.25, 0.3) is 0 Å². The molecule has 0 unspecified atom stereocenters. The SMILES string of the molecule is CCC(=O)CCCCCc1cccc(NC(=O)CC)c1C.[HH]. The summed E-state index contributed by atoms with van der Waals surface area (Å²) in [6, 6.07) is 6.06. The van der Waals surface area contributed by atoms with Crippen molar-refractivity contribution in [3.63, 3.8) is 0 Å². The molecule has 1 N–H and O–H groups in total. The summed E-state index contributed by atoms with van der Waals surface area (Å²) in [7, 11) is 0. The van der Waals surface area contributed by atoms with Crippen molar-refractivity contribution in [2.24, 2.45) is 0 Å². The van der Waals surface area contributed by atoms with E-state index < -0.39 is 0 Å². The van der Waals surface area contributed by atoms with Crippen LogP contribution < -0.4 is 5.32 Å². The third kappa shape index (κ3) is 6.11. The number of benzene rings is 1. The zero-order valence-corrected chi connectivity index (χ0v) is 13.5. The number of amides is 1. The van der Waals surface area contributed by atoms with Crippen LogP contribution in [0.3, 0.4) is 0 Å². The predicted octanol–water partition coefficient (Wildman–Crippen LogP) is 4.67. The van der Waals surface area contributed by atoms with Gasteiger partial charge < -0.3 is 5.32 Å². The molecule has 1 aromatic carbocycles. The van der Waals surface area contributed by atoms with Crippen LogP contribution in [0.1, 0.15) is 64.9 Å². The number of ketones is 1. The number of unbranched alkanes of at least 4 members (excludes halogenated alkanes) is 2. The fourth-order valence-corrected chi connectivity index (χ4v) is 2.32. The van der Waals surface area contributed by atoms with Crippen LogP contribution >= 0.6 is 0 Å². The summed E-state index contributed by atoms with van der Waals surface area (Å²) < 4.78 is 0. The van der Waals surface area contributed by atoms with Crippen molar-refractivity contribution >= 4 is 17.4 Å². The molecule has 0 aliphatic heterocycles. The molecule has 118 valence electrons. The van der Waals surface area contributed by atoms with E-state index in [1.807, 2.05) is 26.0 Å². The van der Waals surface area contributed by atoms with Crippen LogP contribution in [-0.4, -0.2) is 11.7 Å². The highest BCUT2D eigenvalue weighted by Crippen LogP contribution is 2.21. The van der Waals surface area contributed by atoms with Crippen LogP contribution in [0.15, 0.2) is 18.2 Å². The van der Waals surface area contributed by atoms with Gasteiger partial charge in [0.15, 0.2) is 0 Å². The molecule has 0 saturated carbocycles. The van der Waals surface area contributed by atoms with Crippen molar-refractivity contribution in [1.82, 2.24) is 0 Å². The van der Waals surface area contributed by atoms with Gasteiger partial charge in [0.25, 0.3) is 0 Å². The van der Waals surface area contributed by atoms with Crippen molar-refractivity contribution < 1.29 is 11.0 Å². The van der Waals surface area contributed by atoms with Gasteiger partial charge in [0.2, 0.25) is 5.91 Å². The number of carbonyl (C=O) groups is 2. The number of hydrogen-bond acceptors (Lipinski definition) is 2. The van der Waals surface area contributed by atoms with Gasteiger partial charge in [-0.3, -0.25) is 9.59 Å². The van der Waals surface area contributed by atoms with Gasteiger partial charge >= 0.3 is 0 Å². The molecule has 21 heavy (non-hydrogen) atoms. The normalized spacial score (nSPS) is 10.4. The van der Waals surface area contributed by atoms with Gasteiger partial charge in [-0.2, -0.15) is 0 Å². The smallest absolute Gasteiger partial charge is 0.224 e. The fraction of sp³-hybridized carbons (Fsp3) is 0.556. The van der Waals surface area contributed by atoms with E-state index >= 15 is 0 Å². The van der Waals surface area contributed by atoms with Crippen molar-refractivity contribution in [3.8, 4) is 0 Å². The second-order valence-corrected chi connectivity index (χ2v) is 5.44. The van der Waals surface area contributed by atoms with Gasteiger partial charge in [0.05, 0.1) is 0 Å². The molecular weight excluding hydrogens is 262 g/mol. The first-order chi connectivity index (χ1) is 10.1. The average Bonchev–Trinajstić information content (AvgIpc) is 2.49. The Morgan fingerprint density at radius 3 is 2.52 bits per heavy atom. The Hall–Kier alpha value is -1.64. The minimum Gasteiger partial charge on any atom is -0.326 e. The lowest BCUT2D eigenvalue weighted by Gasteiger charge is -2.12. The number of Topliss-reactive ketones (excluding diaryl/α,β-unsaturated/α-hetero) is 1. The highest BCUT2D eigenvalue weighted by atomic mass is 16.1. The quantitative estimate of drug-likeness (QED) is 0.672. The topological polar surface area (TPSA) is 46.2 Å². The molecule has 0 aliphatic carbocycles. The fourth-order valence-electron chi connectivity index (χ4n) is 2.32. The number of rotatable bonds is 9. The lowest BCUT2D eigenvalue weighted by atomic mass is 9.99. The molecule has 1 aromatic rings. The van der Waals surface area contributed by atoms with Crippen LogP contribution in [0, 0.1) is 6.92 Å². The van der Waals surface area contributed by atoms with Crippen LogP contribution in [-0.2, 0) is 16.0 Å². The first-order valence-electron chi connectivity index (χ1n) is 7.98. The van der Waals surface area contributed by atoms with E-state index in [1.54, 1.807) is 0 Å². The maximum Gasteiger partial charge on any atom is 0.224 e. The van der Waals surface area contributed by atoms with Gasteiger partial charge in [0.1, 0.15) is 5.78 Å². The number of aryl methyl sites for hydroxylation is 1. The van der Waals surface area contributed by atoms with E-state index in [9.17, 15) is 9.59 Å². The molecule has 0 spiro atoms. The highest BCUT2D eigenvalue weighted by molar-refractivity contribution is 5.91. The van der Waals surface area contributed by atoms with E-state index in [4.69, 9.17) is 0 Å². The van der Waals surface area contributed by atoms with E-state index in [0.717, 1.165) is 36.9 Å². The number of anilines is 1. The molecule has 0 heterocycles. The van der Waals surface area contributed by atoms with Gasteiger partial charge in [-0.15, -0.1) is 0 Å². The molecule has 1 rings (SSSR count). The molecule has 0 bridgehead atoms. The standard InChI is InChI=1S/C18H27NO2.H2/c1-4-16(20)12-8-6-7-10-15-11-9-13-17(14(15)3)19-18(21)5-2;/h9,11,13H,4-8,10,12H2,1-3H3,(H,19,21);1H. The molecule has 0 saturated heterocycles. The zero-order valence-electron chi connectivity index (χ0n) is 13.5. The number of nitrogens with one attached hydrogen (secondary N) is 1. The van der Waals surface area contributed by atoms with E-state index in [0.29, 0.717) is 25.0 Å². The molecule has 0 fully saturated rings. The molecular formula is C18H29NO2. The molecule has 0 aliphatic rings. The van der Waals surface area contributed by atoms with Crippen molar-refractivity contribution in [3.05, 3.63) is 29.3 Å². The summed E-state index contributed by atoms with van der Waals surface area (Å²) in [6.45, 7) is 5.83. The van der Waals surface area contributed by atoms with Crippen LogP contribution in [0.4, 0.5) is 5.69 Å². The van der Waals surface area contributed by atoms with Crippen molar-refractivity contribution in [1.29, 1.82) is 0 Å². The van der Waals surface area contributed by atoms with E-state index in [1.165, 1.54) is 5.56 Å². The summed E-state index contributed by atoms with van der Waals surface area (Å²) >= 11 is 0. The van der Waals surface area contributed by atoms with Gasteiger partial charge in [-0.25, -0.2) is 0 Å². The summed E-state index contributed by atoms with van der Waals surface area (Å²) in [5.74, 6) is 0.406. The van der Waals surface area contributed by atoms with Crippen LogP contribution in [0.2, 0.25) is 0 Å². The lowest BCUT2D eigenvalue weighted by Crippen LogP contribution is -2.11. The van der Waals surface area contributed by atoms with Gasteiger partial charge in [-0.1, -0.05) is 32.4 Å². The second kappa shape index (κ2) is 9.32. The highest BCUT2D eigenvalue weighted by Gasteiger charge is 2.06. The largest absolute Gasteiger partial charge is 0.326 e. The molecule has 3 nitrogen and oxygen atoms in total. The Morgan fingerprint density at radius 1 is 1.10 bits per heavy atom. The number of hydrogen-bond donors (Lipinski definition) is 1. The van der Waals surface area contributed by atoms with Crippen LogP contribution in [0.5, 0.6) is 0 Å². The molecule has 0 aromatic heterocycles. The first-order valence-corrected chi connectivity index (χ1v) is 7.98. The minimum absolute atomic E-state index is 0. The minimum atomic E-state index is 0. The maximum absolute atomic E-state index is 11.5. The predicted molar refractivity (Wildman–Crippen MR) is 89.7 cm³/mol. The van der Waals surface area contributed by atoms with Crippen molar-refractivity contribution in [2.45, 2.75) is 65.7 Å². The van der Waals surface area contributed by atoms with Gasteiger partial charge in [-0.05, 0) is 43.4 Å². The Labute approximate surface area is 129 Å². The Morgan fingerprint density at radius 2 is 1.86 bits per heavy atom. The van der Waals surface area contributed by atoms with E-state index in [-0.39, 0.29) is 7.33 Å². The summed E-state index contributed by atoms with van der Waals surface area (Å²) in [6.07, 6.45) is 6.01. The molecule has 1 amide bonds. The Bertz CT molecular complexity index is 486. The molecule has 0 atom stereocenters. The second-order valence-electron chi connectivity index (χ2n) is 5.44. The Balaban J connectivity index is 0.00000441. The van der Waals surface area contributed by atoms with Gasteiger partial charge in [0, 0.05) is 26.4 Å². The maximum atomic E-state index is 11.5.